The zero-order valence-corrected chi connectivity index (χ0v) is 8.83. The highest BCUT2D eigenvalue weighted by atomic mass is 32.2. The Balaban J connectivity index is 3.25. The molecule has 1 aromatic carbocycles. The fourth-order valence-corrected chi connectivity index (χ4v) is 1.97. The van der Waals surface area contributed by atoms with E-state index >= 15 is 0 Å². The molecular weight excluding hydrogens is 216 g/mol. The summed E-state index contributed by atoms with van der Waals surface area (Å²) in [4.78, 5) is 11.4. The Morgan fingerprint density at radius 2 is 1.87 bits per heavy atom. The van der Waals surface area contributed by atoms with E-state index in [0.717, 1.165) is 0 Å². The van der Waals surface area contributed by atoms with Gasteiger partial charge >= 0.3 is 0 Å². The minimum atomic E-state index is -3.86. The molecular formula is C9H12N2O3S. The van der Waals surface area contributed by atoms with Crippen molar-refractivity contribution < 1.29 is 13.2 Å². The molecule has 0 atom stereocenters. The molecule has 0 aromatic heterocycles. The van der Waals surface area contributed by atoms with Crippen molar-refractivity contribution in [2.24, 2.45) is 10.9 Å². The Hall–Kier alpha value is -1.24. The molecule has 1 rings (SSSR count). The Morgan fingerprint density at radius 1 is 1.27 bits per heavy atom. The first-order chi connectivity index (χ1) is 6.96. The fourth-order valence-electron chi connectivity index (χ4n) is 1.21. The standard InChI is InChI=1S/C9H12N2O3S/c10-6-5-8(12)7-3-1-2-4-9(7)15(11,13)14/h1-4H,5-6,10H2,(H2,11,13,14). The van der Waals surface area contributed by atoms with Gasteiger partial charge in [-0.1, -0.05) is 18.2 Å². The Kier molecular flexibility index (Phi) is 3.57. The lowest BCUT2D eigenvalue weighted by atomic mass is 10.1. The second kappa shape index (κ2) is 4.52. The quantitative estimate of drug-likeness (QED) is 0.700. The van der Waals surface area contributed by atoms with E-state index in [2.05, 4.69) is 0 Å². The van der Waals surface area contributed by atoms with Crippen LogP contribution in [0.4, 0.5) is 0 Å². The van der Waals surface area contributed by atoms with Crippen molar-refractivity contribution in [2.45, 2.75) is 11.3 Å². The molecule has 0 saturated carbocycles. The maximum atomic E-state index is 11.5. The molecule has 0 aliphatic rings. The summed E-state index contributed by atoms with van der Waals surface area (Å²) in [6, 6.07) is 5.83. The van der Waals surface area contributed by atoms with Gasteiger partial charge in [0.1, 0.15) is 0 Å². The predicted molar refractivity (Wildman–Crippen MR) is 55.8 cm³/mol. The molecule has 0 aliphatic carbocycles. The van der Waals surface area contributed by atoms with Gasteiger partial charge in [-0.25, -0.2) is 13.6 Å². The first-order valence-electron chi connectivity index (χ1n) is 4.32. The van der Waals surface area contributed by atoms with E-state index < -0.39 is 10.0 Å². The summed E-state index contributed by atoms with van der Waals surface area (Å²) in [6.45, 7) is 0.178. The van der Waals surface area contributed by atoms with Gasteiger partial charge in [0.25, 0.3) is 0 Å². The lowest BCUT2D eigenvalue weighted by Gasteiger charge is -2.05. The summed E-state index contributed by atoms with van der Waals surface area (Å²) >= 11 is 0. The topological polar surface area (TPSA) is 103 Å². The number of primary sulfonamides is 1. The van der Waals surface area contributed by atoms with Crippen LogP contribution in [0.15, 0.2) is 29.2 Å². The van der Waals surface area contributed by atoms with E-state index in [0.29, 0.717) is 0 Å². The molecule has 0 heterocycles. The van der Waals surface area contributed by atoms with Crippen LogP contribution in [0.2, 0.25) is 0 Å². The zero-order chi connectivity index (χ0) is 11.5. The number of ketones is 1. The lowest BCUT2D eigenvalue weighted by molar-refractivity contribution is 0.0982. The monoisotopic (exact) mass is 228 g/mol. The van der Waals surface area contributed by atoms with Gasteiger partial charge in [-0.15, -0.1) is 0 Å². The van der Waals surface area contributed by atoms with Crippen molar-refractivity contribution in [2.75, 3.05) is 6.54 Å². The maximum Gasteiger partial charge on any atom is 0.238 e. The second-order valence-electron chi connectivity index (χ2n) is 3.00. The number of Topliss-reactive ketones (excluding diaryl/α,β-unsaturated/α-hetero) is 1. The van der Waals surface area contributed by atoms with Crippen molar-refractivity contribution >= 4 is 15.8 Å². The predicted octanol–water partition coefficient (Wildman–Crippen LogP) is -0.134. The number of nitrogens with two attached hydrogens (primary N) is 2. The van der Waals surface area contributed by atoms with Gasteiger partial charge in [0.05, 0.1) is 4.90 Å². The molecule has 0 saturated heterocycles. The van der Waals surface area contributed by atoms with Gasteiger partial charge in [0.2, 0.25) is 10.0 Å². The van der Waals surface area contributed by atoms with Crippen LogP contribution in [0.25, 0.3) is 0 Å². The number of carbonyl (C=O) groups is 1. The van der Waals surface area contributed by atoms with Crippen LogP contribution in [-0.2, 0) is 10.0 Å². The Morgan fingerprint density at radius 3 is 2.40 bits per heavy atom. The number of hydrogen-bond acceptors (Lipinski definition) is 4. The lowest BCUT2D eigenvalue weighted by Crippen LogP contribution is -2.18. The van der Waals surface area contributed by atoms with Gasteiger partial charge in [0.15, 0.2) is 5.78 Å². The zero-order valence-electron chi connectivity index (χ0n) is 8.01. The number of benzene rings is 1. The minimum Gasteiger partial charge on any atom is -0.330 e. The molecule has 0 aliphatic heterocycles. The average molecular weight is 228 g/mol. The number of sulfonamides is 1. The van der Waals surface area contributed by atoms with Crippen LogP contribution < -0.4 is 10.9 Å². The molecule has 6 heteroatoms. The van der Waals surface area contributed by atoms with Crippen LogP contribution >= 0.6 is 0 Å². The van der Waals surface area contributed by atoms with Crippen molar-refractivity contribution in [1.29, 1.82) is 0 Å². The highest BCUT2D eigenvalue weighted by molar-refractivity contribution is 7.89. The van der Waals surface area contributed by atoms with E-state index in [-0.39, 0.29) is 29.2 Å². The van der Waals surface area contributed by atoms with Crippen LogP contribution in [-0.4, -0.2) is 20.7 Å². The summed E-state index contributed by atoms with van der Waals surface area (Å²) < 4.78 is 22.3. The molecule has 0 amide bonds. The van der Waals surface area contributed by atoms with E-state index in [1.54, 1.807) is 6.07 Å². The van der Waals surface area contributed by atoms with Crippen molar-refractivity contribution in [3.63, 3.8) is 0 Å². The third-order valence-corrected chi connectivity index (χ3v) is 2.83. The van der Waals surface area contributed by atoms with Crippen LogP contribution in [0.5, 0.6) is 0 Å². The SMILES string of the molecule is NCCC(=O)c1ccccc1S(N)(=O)=O. The summed E-state index contributed by atoms with van der Waals surface area (Å²) in [6.07, 6.45) is 0.104. The third kappa shape index (κ3) is 2.85. The molecule has 0 bridgehead atoms. The number of rotatable bonds is 4. The van der Waals surface area contributed by atoms with Crippen LogP contribution in [0.3, 0.4) is 0 Å². The van der Waals surface area contributed by atoms with E-state index in [1.165, 1.54) is 18.2 Å². The van der Waals surface area contributed by atoms with E-state index in [4.69, 9.17) is 10.9 Å². The summed E-state index contributed by atoms with van der Waals surface area (Å²) in [5.41, 5.74) is 5.33. The Bertz CT molecular complexity index is 468. The highest BCUT2D eigenvalue weighted by Crippen LogP contribution is 2.15. The van der Waals surface area contributed by atoms with Crippen LogP contribution in [0, 0.1) is 0 Å². The molecule has 15 heavy (non-hydrogen) atoms. The normalized spacial score (nSPS) is 11.3. The molecule has 1 aromatic rings. The largest absolute Gasteiger partial charge is 0.330 e. The molecule has 5 nitrogen and oxygen atoms in total. The summed E-state index contributed by atoms with van der Waals surface area (Å²) in [5.74, 6) is -0.317. The first kappa shape index (κ1) is 11.8. The van der Waals surface area contributed by atoms with Crippen LogP contribution in [0.1, 0.15) is 16.8 Å². The van der Waals surface area contributed by atoms with Gasteiger partial charge < -0.3 is 5.73 Å². The van der Waals surface area contributed by atoms with Gasteiger partial charge in [-0.05, 0) is 12.6 Å². The van der Waals surface area contributed by atoms with Crippen molar-refractivity contribution in [1.82, 2.24) is 0 Å². The van der Waals surface area contributed by atoms with E-state index in [1.807, 2.05) is 0 Å². The molecule has 0 radical (unpaired) electrons. The first-order valence-corrected chi connectivity index (χ1v) is 5.86. The summed E-state index contributed by atoms with van der Waals surface area (Å²) in [5, 5.41) is 4.98. The van der Waals surface area contributed by atoms with Crippen molar-refractivity contribution in [3.05, 3.63) is 29.8 Å². The second-order valence-corrected chi connectivity index (χ2v) is 4.53. The molecule has 0 fully saturated rings. The van der Waals surface area contributed by atoms with E-state index in [9.17, 15) is 13.2 Å². The number of hydrogen-bond donors (Lipinski definition) is 2. The third-order valence-electron chi connectivity index (χ3n) is 1.87. The molecule has 0 spiro atoms. The molecule has 0 unspecified atom stereocenters. The van der Waals surface area contributed by atoms with Gasteiger partial charge in [0, 0.05) is 12.0 Å². The number of carbonyl (C=O) groups excluding carboxylic acids is 1. The Labute approximate surface area is 88.1 Å². The minimum absolute atomic E-state index is 0.102. The fraction of sp³-hybridized carbons (Fsp3) is 0.222. The molecule has 4 N–H and O–H groups in total. The van der Waals surface area contributed by atoms with Gasteiger partial charge in [-0.2, -0.15) is 0 Å². The maximum absolute atomic E-state index is 11.5. The van der Waals surface area contributed by atoms with Gasteiger partial charge in [-0.3, -0.25) is 4.79 Å². The summed E-state index contributed by atoms with van der Waals surface area (Å²) in [7, 11) is -3.86. The molecule has 82 valence electrons. The average Bonchev–Trinajstić information content (AvgIpc) is 2.17. The highest BCUT2D eigenvalue weighted by Gasteiger charge is 2.17. The van der Waals surface area contributed by atoms with Crippen molar-refractivity contribution in [3.8, 4) is 0 Å². The smallest absolute Gasteiger partial charge is 0.238 e.